The molecular weight excluding hydrogens is 376 g/mol. The van der Waals surface area contributed by atoms with Gasteiger partial charge in [0.15, 0.2) is 0 Å². The molecule has 0 N–H and O–H groups in total. The molecule has 0 spiro atoms. The van der Waals surface area contributed by atoms with E-state index in [4.69, 9.17) is 9.47 Å². The van der Waals surface area contributed by atoms with Gasteiger partial charge in [0, 0.05) is 0 Å². The van der Waals surface area contributed by atoms with E-state index in [1.807, 2.05) is 0 Å². The number of carbonyl (C=O) groups excluding carboxylic acids is 2. The van der Waals surface area contributed by atoms with Gasteiger partial charge in [0.05, 0.1) is 26.1 Å². The second-order valence-corrected chi connectivity index (χ2v) is 7.87. The van der Waals surface area contributed by atoms with Crippen LogP contribution in [0.2, 0.25) is 0 Å². The molecule has 0 aliphatic rings. The van der Waals surface area contributed by atoms with Crippen LogP contribution >= 0.6 is 0 Å². The maximum atomic E-state index is 11.7. The Hall–Kier alpha value is -1.58. The predicted molar refractivity (Wildman–Crippen MR) is 125 cm³/mol. The van der Waals surface area contributed by atoms with Crippen LogP contribution < -0.4 is 0 Å². The molecule has 0 aromatic heterocycles. The van der Waals surface area contributed by atoms with E-state index in [0.29, 0.717) is 13.2 Å². The van der Waals surface area contributed by atoms with Crippen molar-refractivity contribution >= 4 is 11.9 Å². The standard InChI is InChI=1S/C26H46O4/c1-3-5-7-9-11-13-15-17-19-23-29-25(27)21-22-26(28)30-24-20-18-16-14-12-10-8-6-4-2/h7-10H,3-6,11-24H2,1-2H3/b9-7+,10-8+. The summed E-state index contributed by atoms with van der Waals surface area (Å²) in [5.41, 5.74) is 0. The van der Waals surface area contributed by atoms with Gasteiger partial charge in [0.1, 0.15) is 0 Å². The lowest BCUT2D eigenvalue weighted by atomic mass is 10.1. The average Bonchev–Trinajstić information content (AvgIpc) is 2.75. The van der Waals surface area contributed by atoms with Gasteiger partial charge in [-0.2, -0.15) is 0 Å². The van der Waals surface area contributed by atoms with Crippen LogP contribution in [0.5, 0.6) is 0 Å². The van der Waals surface area contributed by atoms with Crippen molar-refractivity contribution in [3.63, 3.8) is 0 Å². The van der Waals surface area contributed by atoms with Crippen LogP contribution in [-0.4, -0.2) is 25.2 Å². The van der Waals surface area contributed by atoms with E-state index in [-0.39, 0.29) is 24.8 Å². The van der Waals surface area contributed by atoms with Crippen molar-refractivity contribution in [1.29, 1.82) is 0 Å². The van der Waals surface area contributed by atoms with E-state index in [1.165, 1.54) is 38.5 Å². The first-order valence-electron chi connectivity index (χ1n) is 12.3. The van der Waals surface area contributed by atoms with Gasteiger partial charge in [-0.05, 0) is 51.4 Å². The van der Waals surface area contributed by atoms with Gasteiger partial charge >= 0.3 is 11.9 Å². The van der Waals surface area contributed by atoms with Crippen molar-refractivity contribution < 1.29 is 19.1 Å². The van der Waals surface area contributed by atoms with Crippen LogP contribution in [0.1, 0.15) is 117 Å². The van der Waals surface area contributed by atoms with Crippen LogP contribution in [0.3, 0.4) is 0 Å². The fourth-order valence-corrected chi connectivity index (χ4v) is 2.96. The van der Waals surface area contributed by atoms with E-state index in [1.54, 1.807) is 0 Å². The van der Waals surface area contributed by atoms with Crippen molar-refractivity contribution in [3.8, 4) is 0 Å². The average molecular weight is 423 g/mol. The molecule has 0 aromatic carbocycles. The molecule has 4 heteroatoms. The quantitative estimate of drug-likeness (QED) is 0.109. The fourth-order valence-electron chi connectivity index (χ4n) is 2.96. The van der Waals surface area contributed by atoms with E-state index in [9.17, 15) is 9.59 Å². The van der Waals surface area contributed by atoms with Crippen LogP contribution in [0.25, 0.3) is 0 Å². The molecule has 0 rings (SSSR count). The number of allylic oxidation sites excluding steroid dienone is 4. The molecule has 174 valence electrons. The summed E-state index contributed by atoms with van der Waals surface area (Å²) >= 11 is 0. The van der Waals surface area contributed by atoms with E-state index >= 15 is 0 Å². The molecule has 0 aliphatic heterocycles. The molecule has 0 bridgehead atoms. The summed E-state index contributed by atoms with van der Waals surface area (Å²) < 4.78 is 10.4. The summed E-state index contributed by atoms with van der Waals surface area (Å²) in [7, 11) is 0. The zero-order valence-corrected chi connectivity index (χ0v) is 19.7. The minimum absolute atomic E-state index is 0.116. The minimum atomic E-state index is -0.300. The fraction of sp³-hybridized carbons (Fsp3) is 0.769. The Morgan fingerprint density at radius 2 is 0.900 bits per heavy atom. The zero-order valence-electron chi connectivity index (χ0n) is 19.7. The SMILES string of the molecule is CCC/C=C/CCCCCCOC(=O)CCC(=O)OCCCCCC/C=C/CCC. The molecule has 0 fully saturated rings. The molecule has 0 radical (unpaired) electrons. The molecule has 0 aliphatic carbocycles. The number of hydrogen-bond donors (Lipinski definition) is 0. The summed E-state index contributed by atoms with van der Waals surface area (Å²) in [6, 6.07) is 0. The summed E-state index contributed by atoms with van der Waals surface area (Å²) in [4.78, 5) is 23.4. The molecule has 0 saturated carbocycles. The lowest BCUT2D eigenvalue weighted by Gasteiger charge is -2.06. The van der Waals surface area contributed by atoms with Crippen LogP contribution in [-0.2, 0) is 19.1 Å². The largest absolute Gasteiger partial charge is 0.466 e. The Balaban J connectivity index is 3.38. The van der Waals surface area contributed by atoms with Crippen LogP contribution in [0.15, 0.2) is 24.3 Å². The van der Waals surface area contributed by atoms with Gasteiger partial charge in [-0.25, -0.2) is 0 Å². The van der Waals surface area contributed by atoms with Gasteiger partial charge in [-0.1, -0.05) is 76.7 Å². The normalized spacial score (nSPS) is 11.4. The zero-order chi connectivity index (χ0) is 22.1. The number of carbonyl (C=O) groups is 2. The van der Waals surface area contributed by atoms with Gasteiger partial charge in [-0.15, -0.1) is 0 Å². The van der Waals surface area contributed by atoms with Crippen LogP contribution in [0, 0.1) is 0 Å². The van der Waals surface area contributed by atoms with Crippen molar-refractivity contribution in [1.82, 2.24) is 0 Å². The third-order valence-electron chi connectivity index (χ3n) is 4.83. The molecule has 30 heavy (non-hydrogen) atoms. The van der Waals surface area contributed by atoms with Crippen molar-refractivity contribution in [2.24, 2.45) is 0 Å². The number of ether oxygens (including phenoxy) is 2. The number of esters is 2. The molecule has 0 heterocycles. The minimum Gasteiger partial charge on any atom is -0.466 e. The molecular formula is C26H46O4. The first-order valence-corrected chi connectivity index (χ1v) is 12.3. The number of rotatable bonds is 21. The van der Waals surface area contributed by atoms with Crippen molar-refractivity contribution in [2.75, 3.05) is 13.2 Å². The summed E-state index contributed by atoms with van der Waals surface area (Å²) in [6.07, 6.45) is 24.9. The van der Waals surface area contributed by atoms with Gasteiger partial charge in [0.2, 0.25) is 0 Å². The van der Waals surface area contributed by atoms with Gasteiger partial charge in [-0.3, -0.25) is 9.59 Å². The maximum absolute atomic E-state index is 11.7. The summed E-state index contributed by atoms with van der Waals surface area (Å²) in [5, 5.41) is 0. The second-order valence-electron chi connectivity index (χ2n) is 7.87. The van der Waals surface area contributed by atoms with Gasteiger partial charge < -0.3 is 9.47 Å². The molecule has 0 unspecified atom stereocenters. The maximum Gasteiger partial charge on any atom is 0.306 e. The Bertz CT molecular complexity index is 412. The third kappa shape index (κ3) is 22.7. The summed E-state index contributed by atoms with van der Waals surface area (Å²) in [6.45, 7) is 5.28. The third-order valence-corrected chi connectivity index (χ3v) is 4.83. The monoisotopic (exact) mass is 422 g/mol. The second kappa shape index (κ2) is 23.7. The number of unbranched alkanes of at least 4 members (excludes halogenated alkanes) is 10. The molecule has 4 nitrogen and oxygen atoms in total. The topological polar surface area (TPSA) is 52.6 Å². The van der Waals surface area contributed by atoms with Crippen LogP contribution in [0.4, 0.5) is 0 Å². The highest BCUT2D eigenvalue weighted by molar-refractivity contribution is 5.77. The lowest BCUT2D eigenvalue weighted by Crippen LogP contribution is -2.11. The first-order chi connectivity index (χ1) is 14.7. The van der Waals surface area contributed by atoms with Gasteiger partial charge in [0.25, 0.3) is 0 Å². The lowest BCUT2D eigenvalue weighted by molar-refractivity contribution is -0.150. The smallest absolute Gasteiger partial charge is 0.306 e. The Labute approximate surface area is 185 Å². The van der Waals surface area contributed by atoms with Crippen molar-refractivity contribution in [3.05, 3.63) is 24.3 Å². The summed E-state index contributed by atoms with van der Waals surface area (Å²) in [5.74, 6) is -0.601. The first kappa shape index (κ1) is 28.4. The highest BCUT2D eigenvalue weighted by Crippen LogP contribution is 2.07. The molecule has 0 saturated heterocycles. The molecule has 0 atom stereocenters. The Morgan fingerprint density at radius 1 is 0.533 bits per heavy atom. The Morgan fingerprint density at radius 3 is 1.30 bits per heavy atom. The Kier molecular flexibility index (Phi) is 22.4. The highest BCUT2D eigenvalue weighted by atomic mass is 16.5. The van der Waals surface area contributed by atoms with E-state index in [0.717, 1.165) is 51.4 Å². The highest BCUT2D eigenvalue weighted by Gasteiger charge is 2.08. The van der Waals surface area contributed by atoms with E-state index < -0.39 is 0 Å². The molecule has 0 aromatic rings. The predicted octanol–water partition coefficient (Wildman–Crippen LogP) is 7.47. The van der Waals surface area contributed by atoms with Crippen molar-refractivity contribution in [2.45, 2.75) is 117 Å². The van der Waals surface area contributed by atoms with E-state index in [2.05, 4.69) is 38.2 Å². The number of hydrogen-bond acceptors (Lipinski definition) is 4. The molecule has 0 amide bonds.